The maximum atomic E-state index is 13.2. The second kappa shape index (κ2) is 9.60. The van der Waals surface area contributed by atoms with Gasteiger partial charge in [0.05, 0.1) is 7.11 Å². The number of hydrogen-bond acceptors (Lipinski definition) is 4. The van der Waals surface area contributed by atoms with Crippen LogP contribution in [0.2, 0.25) is 0 Å². The van der Waals surface area contributed by atoms with Crippen molar-refractivity contribution >= 4 is 11.9 Å². The summed E-state index contributed by atoms with van der Waals surface area (Å²) in [5.41, 5.74) is 1.32. The number of aryl methyl sites for hydroxylation is 1. The van der Waals surface area contributed by atoms with E-state index in [1.165, 1.54) is 19.2 Å². The van der Waals surface area contributed by atoms with Crippen LogP contribution >= 0.6 is 0 Å². The van der Waals surface area contributed by atoms with Crippen LogP contribution in [0.25, 0.3) is 0 Å². The van der Waals surface area contributed by atoms with Gasteiger partial charge >= 0.3 is 5.97 Å². The maximum Gasteiger partial charge on any atom is 0.341 e. The number of carbonyl (C=O) groups excluding carboxylic acids is 1. The van der Waals surface area contributed by atoms with Gasteiger partial charge in [-0.15, -0.1) is 0 Å². The molecule has 2 N–H and O–H groups in total. The third kappa shape index (κ3) is 5.61. The number of esters is 1. The van der Waals surface area contributed by atoms with Gasteiger partial charge in [0, 0.05) is 13.1 Å². The molecular weight excluding hydrogens is 337 g/mol. The number of nitrogens with one attached hydrogen (secondary N) is 2. The normalized spacial score (nSPS) is 11.3. The van der Waals surface area contributed by atoms with Crippen molar-refractivity contribution in [2.24, 2.45) is 4.99 Å². The number of hydrogen-bond donors (Lipinski definition) is 2. The molecule has 7 heteroatoms. The molecule has 2 aromatic rings. The fourth-order valence-corrected chi connectivity index (χ4v) is 2.45. The van der Waals surface area contributed by atoms with Gasteiger partial charge < -0.3 is 19.8 Å². The minimum atomic E-state index is -0.429. The van der Waals surface area contributed by atoms with E-state index >= 15 is 0 Å². The average molecular weight is 361 g/mol. The Balaban J connectivity index is 1.94. The van der Waals surface area contributed by atoms with E-state index in [4.69, 9.17) is 9.15 Å². The van der Waals surface area contributed by atoms with Crippen molar-refractivity contribution in [2.75, 3.05) is 20.2 Å². The standard InChI is InChI=1S/C19H24FN3O3/c1-4-21-19(22-9-8-14-6-5-7-15(20)10-14)23-12-16-11-17(13(2)26-16)18(24)25-3/h5-7,10-11H,4,8-9,12H2,1-3H3,(H2,21,22,23). The van der Waals surface area contributed by atoms with E-state index in [9.17, 15) is 9.18 Å². The molecule has 0 bridgehead atoms. The van der Waals surface area contributed by atoms with Gasteiger partial charge in [-0.3, -0.25) is 0 Å². The predicted molar refractivity (Wildman–Crippen MR) is 97.7 cm³/mol. The Kier molecular flexibility index (Phi) is 7.20. The zero-order chi connectivity index (χ0) is 18.9. The molecule has 0 radical (unpaired) electrons. The third-order valence-corrected chi connectivity index (χ3v) is 3.71. The number of guanidine groups is 1. The molecule has 0 atom stereocenters. The number of methoxy groups -OCH3 is 1. The number of furan rings is 1. The van der Waals surface area contributed by atoms with Crippen molar-refractivity contribution in [3.8, 4) is 0 Å². The summed E-state index contributed by atoms with van der Waals surface area (Å²) < 4.78 is 23.5. The SMILES string of the molecule is CCNC(=NCc1cc(C(=O)OC)c(C)o1)NCCc1cccc(F)c1. The van der Waals surface area contributed by atoms with E-state index in [1.807, 2.05) is 13.0 Å². The summed E-state index contributed by atoms with van der Waals surface area (Å²) in [5, 5.41) is 6.33. The van der Waals surface area contributed by atoms with Crippen molar-refractivity contribution in [3.63, 3.8) is 0 Å². The quantitative estimate of drug-likeness (QED) is 0.451. The monoisotopic (exact) mass is 361 g/mol. The zero-order valence-corrected chi connectivity index (χ0v) is 15.3. The van der Waals surface area contributed by atoms with Gasteiger partial charge in [0.25, 0.3) is 0 Å². The molecule has 6 nitrogen and oxygen atoms in total. The lowest BCUT2D eigenvalue weighted by Crippen LogP contribution is -2.38. The summed E-state index contributed by atoms with van der Waals surface area (Å²) in [7, 11) is 1.33. The van der Waals surface area contributed by atoms with Crippen LogP contribution in [0.3, 0.4) is 0 Å². The number of ether oxygens (including phenoxy) is 1. The first-order chi connectivity index (χ1) is 12.5. The fourth-order valence-electron chi connectivity index (χ4n) is 2.45. The first kappa shape index (κ1) is 19.5. The van der Waals surface area contributed by atoms with Crippen molar-refractivity contribution in [2.45, 2.75) is 26.8 Å². The Morgan fingerprint density at radius 1 is 1.31 bits per heavy atom. The van der Waals surface area contributed by atoms with Crippen LogP contribution in [0.1, 0.15) is 34.4 Å². The fraction of sp³-hybridized carbons (Fsp3) is 0.368. The summed E-state index contributed by atoms with van der Waals surface area (Å²) in [6.07, 6.45) is 0.675. The first-order valence-electron chi connectivity index (χ1n) is 8.47. The smallest absolute Gasteiger partial charge is 0.341 e. The molecule has 1 heterocycles. The zero-order valence-electron chi connectivity index (χ0n) is 15.3. The second-order valence-corrected chi connectivity index (χ2v) is 5.68. The highest BCUT2D eigenvalue weighted by atomic mass is 19.1. The second-order valence-electron chi connectivity index (χ2n) is 5.68. The Labute approximate surface area is 152 Å². The molecule has 2 rings (SSSR count). The topological polar surface area (TPSA) is 75.9 Å². The molecule has 0 fully saturated rings. The van der Waals surface area contributed by atoms with Crippen LogP contribution in [-0.2, 0) is 17.7 Å². The molecule has 0 aliphatic heterocycles. The lowest BCUT2D eigenvalue weighted by molar-refractivity contribution is 0.0599. The van der Waals surface area contributed by atoms with Crippen LogP contribution in [0.15, 0.2) is 39.7 Å². The van der Waals surface area contributed by atoms with Crippen LogP contribution in [0.4, 0.5) is 4.39 Å². The van der Waals surface area contributed by atoms with Crippen molar-refractivity contribution in [1.29, 1.82) is 0 Å². The minimum Gasteiger partial charge on any atom is -0.465 e. The summed E-state index contributed by atoms with van der Waals surface area (Å²) >= 11 is 0. The van der Waals surface area contributed by atoms with Gasteiger partial charge in [-0.2, -0.15) is 0 Å². The number of aliphatic imine (C=N–C) groups is 1. The predicted octanol–water partition coefficient (Wildman–Crippen LogP) is 2.81. The highest BCUT2D eigenvalue weighted by Gasteiger charge is 2.15. The average Bonchev–Trinajstić information content (AvgIpc) is 3.00. The number of benzene rings is 1. The van der Waals surface area contributed by atoms with E-state index < -0.39 is 5.97 Å². The molecule has 0 saturated heterocycles. The minimum absolute atomic E-state index is 0.238. The molecule has 0 aliphatic rings. The highest BCUT2D eigenvalue weighted by Crippen LogP contribution is 2.16. The summed E-state index contributed by atoms with van der Waals surface area (Å²) in [6, 6.07) is 8.17. The van der Waals surface area contributed by atoms with Gasteiger partial charge in [0.2, 0.25) is 0 Å². The summed E-state index contributed by atoms with van der Waals surface area (Å²) in [5.74, 6) is 1.04. The largest absolute Gasteiger partial charge is 0.465 e. The van der Waals surface area contributed by atoms with Crippen LogP contribution < -0.4 is 10.6 Å². The van der Waals surface area contributed by atoms with E-state index in [0.717, 1.165) is 5.56 Å². The van der Waals surface area contributed by atoms with E-state index in [1.54, 1.807) is 19.1 Å². The van der Waals surface area contributed by atoms with Crippen LogP contribution in [0, 0.1) is 12.7 Å². The molecule has 1 aromatic heterocycles. The van der Waals surface area contributed by atoms with Crippen molar-refractivity contribution in [1.82, 2.24) is 10.6 Å². The maximum absolute atomic E-state index is 13.2. The Morgan fingerprint density at radius 3 is 2.81 bits per heavy atom. The lowest BCUT2D eigenvalue weighted by atomic mass is 10.1. The van der Waals surface area contributed by atoms with Gasteiger partial charge in [0.1, 0.15) is 29.4 Å². The molecular formula is C19H24FN3O3. The Bertz CT molecular complexity index is 771. The molecule has 0 spiro atoms. The van der Waals surface area contributed by atoms with Gasteiger partial charge in [-0.25, -0.2) is 14.2 Å². The summed E-state index contributed by atoms with van der Waals surface area (Å²) in [4.78, 5) is 16.1. The van der Waals surface area contributed by atoms with Gasteiger partial charge in [-0.05, 0) is 44.0 Å². The molecule has 1 aromatic carbocycles. The van der Waals surface area contributed by atoms with Gasteiger partial charge in [0.15, 0.2) is 5.96 Å². The molecule has 0 saturated carbocycles. The molecule has 140 valence electrons. The van der Waals surface area contributed by atoms with Crippen molar-refractivity contribution in [3.05, 3.63) is 58.8 Å². The number of nitrogens with zero attached hydrogens (tertiary/aromatic N) is 1. The Morgan fingerprint density at radius 2 is 2.12 bits per heavy atom. The lowest BCUT2D eigenvalue weighted by Gasteiger charge is -2.11. The van der Waals surface area contributed by atoms with E-state index in [-0.39, 0.29) is 12.4 Å². The van der Waals surface area contributed by atoms with Crippen LogP contribution in [-0.4, -0.2) is 32.1 Å². The Hall–Kier alpha value is -2.83. The summed E-state index contributed by atoms with van der Waals surface area (Å²) in [6.45, 7) is 5.28. The van der Waals surface area contributed by atoms with E-state index in [0.29, 0.717) is 42.6 Å². The molecule has 26 heavy (non-hydrogen) atoms. The molecule has 0 amide bonds. The molecule has 0 unspecified atom stereocenters. The third-order valence-electron chi connectivity index (χ3n) is 3.71. The number of rotatable bonds is 7. The van der Waals surface area contributed by atoms with Crippen LogP contribution in [0.5, 0.6) is 0 Å². The molecule has 0 aliphatic carbocycles. The number of carbonyl (C=O) groups is 1. The first-order valence-corrected chi connectivity index (χ1v) is 8.47. The highest BCUT2D eigenvalue weighted by molar-refractivity contribution is 5.90. The van der Waals surface area contributed by atoms with E-state index in [2.05, 4.69) is 15.6 Å². The van der Waals surface area contributed by atoms with Gasteiger partial charge in [-0.1, -0.05) is 12.1 Å². The number of halogens is 1. The van der Waals surface area contributed by atoms with Crippen molar-refractivity contribution < 1.29 is 18.3 Å².